The van der Waals surface area contributed by atoms with Crippen LogP contribution in [0.4, 0.5) is 4.39 Å². The van der Waals surface area contributed by atoms with Gasteiger partial charge in [-0.2, -0.15) is 0 Å². The number of benzene rings is 1. The molecular formula is C23H27ClFN3O5. The third-order valence-corrected chi connectivity index (χ3v) is 5.64. The SMILES string of the molecule is COc1ncc(OCC(=O)NC2(CNC(=O)COc3ccc(Cl)c(F)c3)CC(C)C2)cc1C. The van der Waals surface area contributed by atoms with Crippen LogP contribution in [-0.2, 0) is 9.59 Å². The highest BCUT2D eigenvalue weighted by molar-refractivity contribution is 6.30. The molecule has 33 heavy (non-hydrogen) atoms. The first kappa shape index (κ1) is 24.6. The molecule has 8 nitrogen and oxygen atoms in total. The van der Waals surface area contributed by atoms with E-state index in [1.165, 1.54) is 25.4 Å². The molecule has 178 valence electrons. The molecule has 0 atom stereocenters. The van der Waals surface area contributed by atoms with Crippen LogP contribution in [-0.4, -0.2) is 49.2 Å². The summed E-state index contributed by atoms with van der Waals surface area (Å²) in [6.07, 6.45) is 2.95. The summed E-state index contributed by atoms with van der Waals surface area (Å²) in [4.78, 5) is 28.8. The van der Waals surface area contributed by atoms with Crippen LogP contribution in [0.2, 0.25) is 5.02 Å². The van der Waals surface area contributed by atoms with E-state index in [0.717, 1.165) is 24.5 Å². The van der Waals surface area contributed by atoms with Gasteiger partial charge < -0.3 is 24.8 Å². The maximum Gasteiger partial charge on any atom is 0.258 e. The molecule has 10 heteroatoms. The molecule has 0 spiro atoms. The molecule has 0 unspecified atom stereocenters. The number of hydrogen-bond acceptors (Lipinski definition) is 6. The zero-order chi connectivity index (χ0) is 24.0. The minimum Gasteiger partial charge on any atom is -0.484 e. The molecular weight excluding hydrogens is 453 g/mol. The van der Waals surface area contributed by atoms with Gasteiger partial charge in [0.1, 0.15) is 17.3 Å². The Morgan fingerprint density at radius 1 is 1.18 bits per heavy atom. The topological polar surface area (TPSA) is 98.8 Å². The maximum absolute atomic E-state index is 13.5. The van der Waals surface area contributed by atoms with Crippen LogP contribution >= 0.6 is 11.6 Å². The lowest BCUT2D eigenvalue weighted by molar-refractivity contribution is -0.128. The van der Waals surface area contributed by atoms with Gasteiger partial charge in [-0.1, -0.05) is 18.5 Å². The predicted molar refractivity (Wildman–Crippen MR) is 120 cm³/mol. The van der Waals surface area contributed by atoms with Crippen molar-refractivity contribution in [3.8, 4) is 17.4 Å². The summed E-state index contributed by atoms with van der Waals surface area (Å²) in [6.45, 7) is 3.70. The second-order valence-corrected chi connectivity index (χ2v) is 8.68. The van der Waals surface area contributed by atoms with Crippen LogP contribution in [0, 0.1) is 18.7 Å². The summed E-state index contributed by atoms with van der Waals surface area (Å²) in [7, 11) is 1.53. The molecule has 1 aromatic heterocycles. The minimum atomic E-state index is -0.623. The highest BCUT2D eigenvalue weighted by Gasteiger charge is 2.43. The number of methoxy groups -OCH3 is 1. The second kappa shape index (κ2) is 10.7. The molecule has 1 aliphatic carbocycles. The summed E-state index contributed by atoms with van der Waals surface area (Å²) in [6, 6.07) is 5.70. The number of carbonyl (C=O) groups excluding carboxylic acids is 2. The number of ether oxygens (including phenoxy) is 3. The highest BCUT2D eigenvalue weighted by atomic mass is 35.5. The summed E-state index contributed by atoms with van der Waals surface area (Å²) >= 11 is 5.63. The lowest BCUT2D eigenvalue weighted by Gasteiger charge is -2.47. The Balaban J connectivity index is 1.46. The molecule has 0 radical (unpaired) electrons. The van der Waals surface area contributed by atoms with Crippen molar-refractivity contribution in [3.63, 3.8) is 0 Å². The first-order chi connectivity index (χ1) is 15.7. The first-order valence-electron chi connectivity index (χ1n) is 10.5. The van der Waals surface area contributed by atoms with E-state index in [1.54, 1.807) is 6.07 Å². The summed E-state index contributed by atoms with van der Waals surface area (Å²) < 4.78 is 29.4. The van der Waals surface area contributed by atoms with Crippen molar-refractivity contribution in [1.29, 1.82) is 0 Å². The molecule has 2 aromatic rings. The van der Waals surface area contributed by atoms with Gasteiger partial charge in [0.25, 0.3) is 11.8 Å². The summed E-state index contributed by atoms with van der Waals surface area (Å²) in [5.74, 6) is 0.283. The minimum absolute atomic E-state index is 0.0223. The first-order valence-corrected chi connectivity index (χ1v) is 10.9. The quantitative estimate of drug-likeness (QED) is 0.543. The Hall–Kier alpha value is -3.07. The van der Waals surface area contributed by atoms with Crippen molar-refractivity contribution in [2.24, 2.45) is 5.92 Å². The number of amides is 2. The monoisotopic (exact) mass is 479 g/mol. The van der Waals surface area contributed by atoms with Gasteiger partial charge in [-0.25, -0.2) is 9.37 Å². The second-order valence-electron chi connectivity index (χ2n) is 8.27. The van der Waals surface area contributed by atoms with Gasteiger partial charge in [-0.05, 0) is 43.9 Å². The normalized spacial score (nSPS) is 19.2. The van der Waals surface area contributed by atoms with Gasteiger partial charge in [0.2, 0.25) is 5.88 Å². The van der Waals surface area contributed by atoms with E-state index in [-0.39, 0.29) is 42.3 Å². The molecule has 3 rings (SSSR count). The smallest absolute Gasteiger partial charge is 0.258 e. The zero-order valence-corrected chi connectivity index (χ0v) is 19.5. The molecule has 0 saturated heterocycles. The van der Waals surface area contributed by atoms with E-state index in [4.69, 9.17) is 25.8 Å². The van der Waals surface area contributed by atoms with E-state index in [9.17, 15) is 14.0 Å². The highest BCUT2D eigenvalue weighted by Crippen LogP contribution is 2.37. The van der Waals surface area contributed by atoms with Crippen LogP contribution in [0.3, 0.4) is 0 Å². The number of nitrogens with one attached hydrogen (secondary N) is 2. The lowest BCUT2D eigenvalue weighted by Crippen LogP contribution is -2.63. The van der Waals surface area contributed by atoms with Crippen molar-refractivity contribution in [2.75, 3.05) is 26.9 Å². The van der Waals surface area contributed by atoms with Gasteiger partial charge in [-0.15, -0.1) is 0 Å². The number of pyridine rings is 1. The number of hydrogen-bond donors (Lipinski definition) is 2. The van der Waals surface area contributed by atoms with Gasteiger partial charge in [0.05, 0.1) is 23.9 Å². The number of aryl methyl sites for hydroxylation is 1. The molecule has 0 bridgehead atoms. The molecule has 1 heterocycles. The van der Waals surface area contributed by atoms with E-state index in [2.05, 4.69) is 22.5 Å². The Morgan fingerprint density at radius 3 is 2.52 bits per heavy atom. The van der Waals surface area contributed by atoms with E-state index >= 15 is 0 Å². The molecule has 1 aromatic carbocycles. The van der Waals surface area contributed by atoms with Crippen molar-refractivity contribution in [2.45, 2.75) is 32.2 Å². The summed E-state index contributed by atoms with van der Waals surface area (Å²) in [5.41, 5.74) is 0.252. The third kappa shape index (κ3) is 6.71. The fourth-order valence-electron chi connectivity index (χ4n) is 3.91. The molecule has 2 amide bonds. The van der Waals surface area contributed by atoms with Gasteiger partial charge >= 0.3 is 0 Å². The fraction of sp³-hybridized carbons (Fsp3) is 0.435. The average Bonchev–Trinajstić information content (AvgIpc) is 2.76. The van der Waals surface area contributed by atoms with Crippen LogP contribution in [0.15, 0.2) is 30.5 Å². The van der Waals surface area contributed by atoms with E-state index < -0.39 is 11.4 Å². The molecule has 1 fully saturated rings. The number of nitrogens with zero attached hydrogens (tertiary/aromatic N) is 1. The summed E-state index contributed by atoms with van der Waals surface area (Å²) in [5, 5.41) is 5.74. The molecule has 1 saturated carbocycles. The van der Waals surface area contributed by atoms with Crippen molar-refractivity contribution in [1.82, 2.24) is 15.6 Å². The number of rotatable bonds is 10. The van der Waals surface area contributed by atoms with Crippen LogP contribution < -0.4 is 24.8 Å². The zero-order valence-electron chi connectivity index (χ0n) is 18.7. The van der Waals surface area contributed by atoms with Gasteiger partial charge in [0.15, 0.2) is 13.2 Å². The Bertz CT molecular complexity index is 1010. The lowest BCUT2D eigenvalue weighted by atomic mass is 9.69. The van der Waals surface area contributed by atoms with Crippen LogP contribution in [0.1, 0.15) is 25.3 Å². The van der Waals surface area contributed by atoms with Gasteiger partial charge in [0, 0.05) is 18.2 Å². The molecule has 1 aliphatic rings. The van der Waals surface area contributed by atoms with Crippen molar-refractivity contribution >= 4 is 23.4 Å². The molecule has 0 aliphatic heterocycles. The Labute approximate surface area is 196 Å². The van der Waals surface area contributed by atoms with E-state index in [1.807, 2.05) is 6.92 Å². The number of halogens is 2. The van der Waals surface area contributed by atoms with Gasteiger partial charge in [-0.3, -0.25) is 9.59 Å². The Morgan fingerprint density at radius 2 is 1.88 bits per heavy atom. The van der Waals surface area contributed by atoms with E-state index in [0.29, 0.717) is 17.5 Å². The Kier molecular flexibility index (Phi) is 7.97. The average molecular weight is 480 g/mol. The van der Waals surface area contributed by atoms with Crippen molar-refractivity contribution < 1.29 is 28.2 Å². The van der Waals surface area contributed by atoms with Crippen LogP contribution in [0.5, 0.6) is 17.4 Å². The largest absolute Gasteiger partial charge is 0.484 e. The predicted octanol–water partition coefficient (Wildman–Crippen LogP) is 3.05. The van der Waals surface area contributed by atoms with Crippen molar-refractivity contribution in [3.05, 3.63) is 46.9 Å². The number of aromatic nitrogens is 1. The maximum atomic E-state index is 13.5. The van der Waals surface area contributed by atoms with Crippen LogP contribution in [0.25, 0.3) is 0 Å². The standard InChI is InChI=1S/C23H27ClFN3O5/c1-14-8-23(9-14,13-27-20(29)11-32-16-4-5-18(24)19(25)7-16)28-21(30)12-33-17-6-15(2)22(31-3)26-10-17/h4-7,10,14H,8-9,11-13H2,1-3H3,(H,27,29)(H,28,30). The number of carbonyl (C=O) groups is 2. The third-order valence-electron chi connectivity index (χ3n) is 5.34. The fourth-order valence-corrected chi connectivity index (χ4v) is 4.03. The molecule has 2 N–H and O–H groups in total.